The van der Waals surface area contributed by atoms with Gasteiger partial charge >= 0.3 is 23.9 Å². The molecule has 0 radical (unpaired) electrons. The van der Waals surface area contributed by atoms with Gasteiger partial charge in [-0.1, -0.05) is 184 Å². The summed E-state index contributed by atoms with van der Waals surface area (Å²) in [7, 11) is 0. The van der Waals surface area contributed by atoms with Gasteiger partial charge in [0.25, 0.3) is 0 Å². The molecule has 1 aliphatic rings. The Hall–Kier alpha value is -3.84. The molecular weight excluding hydrogens is 925 g/mol. The van der Waals surface area contributed by atoms with Crippen molar-refractivity contribution in [2.45, 2.75) is 276 Å². The third-order valence-electron chi connectivity index (χ3n) is 12.7. The first-order valence-electron chi connectivity index (χ1n) is 28.9. The van der Waals surface area contributed by atoms with E-state index in [1.165, 1.54) is 64.2 Å². The maximum atomic E-state index is 13.1. The SMILES string of the molecule is CC/C=C\C/C=C\C/C=C\C/C=C\CCCCC(=O)OCC(COC1OC(C(=O)O)C(O)C(O)C1OC(=O)CCCCCCC/C=C\CCCCCCCC)OC(=O)CCCCCCC/C=C\CCCCCC. The van der Waals surface area contributed by atoms with Crippen LogP contribution < -0.4 is 0 Å². The average molecular weight is 1030 g/mol. The van der Waals surface area contributed by atoms with Crippen LogP contribution in [0.15, 0.2) is 72.9 Å². The Bertz CT molecular complexity index is 1550. The molecule has 0 aromatic heterocycles. The maximum absolute atomic E-state index is 13.1. The van der Waals surface area contributed by atoms with Gasteiger partial charge in [0.1, 0.15) is 18.8 Å². The molecule has 73 heavy (non-hydrogen) atoms. The Morgan fingerprint density at radius 3 is 1.37 bits per heavy atom. The first-order chi connectivity index (χ1) is 35.6. The van der Waals surface area contributed by atoms with E-state index in [1.54, 1.807) is 0 Å². The lowest BCUT2D eigenvalue weighted by atomic mass is 9.98. The molecule has 1 aliphatic heterocycles. The van der Waals surface area contributed by atoms with Crippen LogP contribution in [0, 0.1) is 0 Å². The molecule has 0 spiro atoms. The molecule has 1 heterocycles. The summed E-state index contributed by atoms with van der Waals surface area (Å²) in [5.74, 6) is -3.20. The molecular formula is C61H102O12. The van der Waals surface area contributed by atoms with Gasteiger partial charge in [0, 0.05) is 19.3 Å². The Kier molecular flexibility index (Phi) is 45.1. The van der Waals surface area contributed by atoms with Gasteiger partial charge in [-0.15, -0.1) is 0 Å². The quantitative estimate of drug-likeness (QED) is 0.0228. The van der Waals surface area contributed by atoms with Gasteiger partial charge in [0.15, 0.2) is 24.6 Å². The van der Waals surface area contributed by atoms with E-state index in [1.807, 2.05) is 0 Å². The topological polar surface area (TPSA) is 175 Å². The number of aliphatic hydroxyl groups excluding tert-OH is 2. The Morgan fingerprint density at radius 1 is 0.466 bits per heavy atom. The summed E-state index contributed by atoms with van der Waals surface area (Å²) < 4.78 is 28.3. The van der Waals surface area contributed by atoms with E-state index in [0.29, 0.717) is 19.3 Å². The van der Waals surface area contributed by atoms with Crippen LogP contribution in [0.5, 0.6) is 0 Å². The lowest BCUT2D eigenvalue weighted by Gasteiger charge is -2.40. The number of carboxylic acid groups (broad SMARTS) is 1. The van der Waals surface area contributed by atoms with Gasteiger partial charge in [0.2, 0.25) is 0 Å². The molecule has 0 amide bonds. The van der Waals surface area contributed by atoms with Crippen molar-refractivity contribution in [1.29, 1.82) is 0 Å². The highest BCUT2D eigenvalue weighted by atomic mass is 16.7. The summed E-state index contributed by atoms with van der Waals surface area (Å²) in [6.45, 7) is 5.80. The molecule has 0 aromatic rings. The molecule has 0 aromatic carbocycles. The Balaban J connectivity index is 2.74. The number of ether oxygens (including phenoxy) is 5. The zero-order valence-electron chi connectivity index (χ0n) is 45.9. The second-order valence-electron chi connectivity index (χ2n) is 19.5. The highest BCUT2D eigenvalue weighted by Gasteiger charge is 2.50. The minimum atomic E-state index is -1.91. The second kappa shape index (κ2) is 49.1. The number of aliphatic hydroxyl groups is 2. The first-order valence-corrected chi connectivity index (χ1v) is 28.9. The van der Waals surface area contributed by atoms with Crippen LogP contribution in [-0.4, -0.2) is 89.2 Å². The van der Waals surface area contributed by atoms with Gasteiger partial charge < -0.3 is 39.0 Å². The van der Waals surface area contributed by atoms with Gasteiger partial charge in [-0.2, -0.15) is 0 Å². The fourth-order valence-electron chi connectivity index (χ4n) is 8.29. The minimum absolute atomic E-state index is 0.0441. The summed E-state index contributed by atoms with van der Waals surface area (Å²) in [5.41, 5.74) is 0. The van der Waals surface area contributed by atoms with Crippen LogP contribution in [0.25, 0.3) is 0 Å². The van der Waals surface area contributed by atoms with Crippen molar-refractivity contribution in [1.82, 2.24) is 0 Å². The minimum Gasteiger partial charge on any atom is -0.479 e. The fourth-order valence-corrected chi connectivity index (χ4v) is 8.29. The van der Waals surface area contributed by atoms with E-state index in [0.717, 1.165) is 116 Å². The molecule has 6 unspecified atom stereocenters. The molecule has 0 saturated carbocycles. The maximum Gasteiger partial charge on any atom is 0.335 e. The number of rotatable bonds is 48. The van der Waals surface area contributed by atoms with E-state index in [2.05, 4.69) is 93.7 Å². The molecule has 0 aliphatic carbocycles. The fraction of sp³-hybridized carbons (Fsp3) is 0.738. The van der Waals surface area contributed by atoms with Crippen molar-refractivity contribution >= 4 is 23.9 Å². The highest BCUT2D eigenvalue weighted by Crippen LogP contribution is 2.26. The molecule has 12 nitrogen and oxygen atoms in total. The van der Waals surface area contributed by atoms with Crippen LogP contribution in [0.2, 0.25) is 0 Å². The van der Waals surface area contributed by atoms with Crippen molar-refractivity contribution in [3.8, 4) is 0 Å². The number of carbonyl (C=O) groups is 4. The number of hydrogen-bond donors (Lipinski definition) is 3. The van der Waals surface area contributed by atoms with E-state index in [4.69, 9.17) is 23.7 Å². The molecule has 12 heteroatoms. The first kappa shape index (κ1) is 67.2. The Labute approximate surface area is 442 Å². The number of aliphatic carboxylic acids is 1. The van der Waals surface area contributed by atoms with E-state index < -0.39 is 67.3 Å². The standard InChI is InChI=1S/C61H102O12/c1-4-7-10-13-16-19-22-25-27-30-32-35-38-41-44-47-53(62)69-50-52(71-54(63)48-45-42-39-36-33-29-24-21-18-15-12-9-6-3)51-70-61-59(57(66)56(65)58(73-61)60(67)68)72-55(64)49-46-43-40-37-34-31-28-26-23-20-17-14-11-8-5-2/h7,10,16,19,21,24-28,32,35,52,56-59,61,65-66H,4-6,8-9,11-15,17-18,20,22-23,29-31,33-34,36-51H2,1-3H3,(H,67,68)/b10-7-,19-16-,24-21-,27-25-,28-26-,35-32-. The largest absolute Gasteiger partial charge is 0.479 e. The average Bonchev–Trinajstić information content (AvgIpc) is 3.37. The molecule has 1 saturated heterocycles. The summed E-state index contributed by atoms with van der Waals surface area (Å²) in [6, 6.07) is 0. The smallest absolute Gasteiger partial charge is 0.335 e. The number of carbonyl (C=O) groups excluding carboxylic acids is 3. The van der Waals surface area contributed by atoms with Crippen molar-refractivity contribution in [2.75, 3.05) is 13.2 Å². The third kappa shape index (κ3) is 39.3. The zero-order chi connectivity index (χ0) is 53.3. The van der Waals surface area contributed by atoms with Crippen LogP contribution in [-0.2, 0) is 42.9 Å². The summed E-state index contributed by atoms with van der Waals surface area (Å²) in [5, 5.41) is 31.4. The lowest BCUT2D eigenvalue weighted by Crippen LogP contribution is -2.61. The van der Waals surface area contributed by atoms with Crippen LogP contribution >= 0.6 is 0 Å². The van der Waals surface area contributed by atoms with E-state index in [-0.39, 0.29) is 25.9 Å². The molecule has 1 fully saturated rings. The molecule has 418 valence electrons. The third-order valence-corrected chi connectivity index (χ3v) is 12.7. The van der Waals surface area contributed by atoms with Crippen molar-refractivity contribution in [2.24, 2.45) is 0 Å². The van der Waals surface area contributed by atoms with Crippen LogP contribution in [0.3, 0.4) is 0 Å². The molecule has 3 N–H and O–H groups in total. The summed E-state index contributed by atoms with van der Waals surface area (Å²) >= 11 is 0. The summed E-state index contributed by atoms with van der Waals surface area (Å²) in [6.07, 6.45) is 48.8. The number of unbranched alkanes of at least 4 members (excludes halogenated alkanes) is 22. The molecule has 6 atom stereocenters. The number of hydrogen-bond acceptors (Lipinski definition) is 11. The number of carboxylic acids is 1. The van der Waals surface area contributed by atoms with E-state index >= 15 is 0 Å². The van der Waals surface area contributed by atoms with Gasteiger partial charge in [0.05, 0.1) is 6.61 Å². The van der Waals surface area contributed by atoms with Crippen LogP contribution in [0.4, 0.5) is 0 Å². The van der Waals surface area contributed by atoms with Gasteiger partial charge in [-0.05, 0) is 109 Å². The molecule has 0 bridgehead atoms. The summed E-state index contributed by atoms with van der Waals surface area (Å²) in [4.78, 5) is 51.0. The van der Waals surface area contributed by atoms with Crippen LogP contribution in [0.1, 0.15) is 239 Å². The second-order valence-corrected chi connectivity index (χ2v) is 19.5. The Morgan fingerprint density at radius 2 is 0.863 bits per heavy atom. The van der Waals surface area contributed by atoms with Gasteiger partial charge in [-0.25, -0.2) is 4.79 Å². The predicted molar refractivity (Wildman–Crippen MR) is 294 cm³/mol. The zero-order valence-corrected chi connectivity index (χ0v) is 45.9. The van der Waals surface area contributed by atoms with Crippen molar-refractivity contribution < 1.29 is 58.2 Å². The normalized spacial score (nSPS) is 18.8. The molecule has 1 rings (SSSR count). The number of allylic oxidation sites excluding steroid dienone is 12. The monoisotopic (exact) mass is 1030 g/mol. The van der Waals surface area contributed by atoms with Crippen molar-refractivity contribution in [3.63, 3.8) is 0 Å². The highest BCUT2D eigenvalue weighted by molar-refractivity contribution is 5.74. The van der Waals surface area contributed by atoms with Gasteiger partial charge in [-0.3, -0.25) is 14.4 Å². The van der Waals surface area contributed by atoms with Crippen molar-refractivity contribution in [3.05, 3.63) is 72.9 Å². The lowest BCUT2D eigenvalue weighted by molar-refractivity contribution is -0.301. The van der Waals surface area contributed by atoms with E-state index in [9.17, 15) is 34.5 Å². The number of esters is 3. The predicted octanol–water partition coefficient (Wildman–Crippen LogP) is 14.6.